The Labute approximate surface area is 81.3 Å². The molecule has 0 radical (unpaired) electrons. The highest BCUT2D eigenvalue weighted by Gasteiger charge is 2.32. The number of nitrogens with one attached hydrogen (secondary N) is 1. The molecule has 0 heterocycles. The molecule has 14 heavy (non-hydrogen) atoms. The van der Waals surface area contributed by atoms with Crippen molar-refractivity contribution in [1.82, 2.24) is 5.32 Å². The average molecular weight is 199 g/mol. The maximum absolute atomic E-state index is 9.50. The van der Waals surface area contributed by atoms with Crippen molar-refractivity contribution >= 4 is 0 Å². The van der Waals surface area contributed by atoms with Gasteiger partial charge in [0.2, 0.25) is 0 Å². The highest BCUT2D eigenvalue weighted by atomic mass is 16.5. The summed E-state index contributed by atoms with van der Waals surface area (Å²) in [7, 11) is 1.30. The van der Waals surface area contributed by atoms with Crippen LogP contribution in [0.2, 0.25) is 0 Å². The lowest BCUT2D eigenvalue weighted by Gasteiger charge is -2.26. The monoisotopic (exact) mass is 199 g/mol. The van der Waals surface area contributed by atoms with Gasteiger partial charge < -0.3 is 20.4 Å². The SMILES string of the molecule is CNC(O)(O)[C@H](O)c1cccc(O)c1. The molecule has 0 aromatic heterocycles. The largest absolute Gasteiger partial charge is 0.508 e. The van der Waals surface area contributed by atoms with Gasteiger partial charge in [0, 0.05) is 0 Å². The smallest absolute Gasteiger partial charge is 0.253 e. The van der Waals surface area contributed by atoms with Crippen molar-refractivity contribution in [2.45, 2.75) is 12.0 Å². The van der Waals surface area contributed by atoms with E-state index in [2.05, 4.69) is 5.32 Å². The summed E-state index contributed by atoms with van der Waals surface area (Å²) in [6.45, 7) is 0. The van der Waals surface area contributed by atoms with Gasteiger partial charge >= 0.3 is 0 Å². The molecule has 0 fully saturated rings. The summed E-state index contributed by atoms with van der Waals surface area (Å²) >= 11 is 0. The molecule has 1 rings (SSSR count). The van der Waals surface area contributed by atoms with Crippen LogP contribution in [0, 0.1) is 0 Å². The lowest BCUT2D eigenvalue weighted by molar-refractivity contribution is -0.244. The zero-order valence-corrected chi connectivity index (χ0v) is 7.68. The second-order valence-corrected chi connectivity index (χ2v) is 2.97. The number of hydrogen-bond donors (Lipinski definition) is 5. The average Bonchev–Trinajstić information content (AvgIpc) is 2.16. The maximum Gasteiger partial charge on any atom is 0.253 e. The quantitative estimate of drug-likeness (QED) is 0.414. The Bertz CT molecular complexity index is 313. The van der Waals surface area contributed by atoms with Gasteiger partial charge in [-0.2, -0.15) is 0 Å². The van der Waals surface area contributed by atoms with Crippen LogP contribution < -0.4 is 5.32 Å². The molecule has 1 atom stereocenters. The Kier molecular flexibility index (Phi) is 3.07. The Morgan fingerprint density at radius 2 is 2.00 bits per heavy atom. The number of rotatable bonds is 3. The molecular weight excluding hydrogens is 186 g/mol. The van der Waals surface area contributed by atoms with Gasteiger partial charge in [0.25, 0.3) is 5.91 Å². The van der Waals surface area contributed by atoms with Crippen LogP contribution in [0.25, 0.3) is 0 Å². The number of phenolic OH excluding ortho intramolecular Hbond substituents is 1. The van der Waals surface area contributed by atoms with E-state index in [1.54, 1.807) is 0 Å². The molecule has 1 aromatic carbocycles. The molecule has 1 aromatic rings. The minimum Gasteiger partial charge on any atom is -0.508 e. The Balaban J connectivity index is 2.94. The second-order valence-electron chi connectivity index (χ2n) is 2.97. The molecule has 0 aliphatic rings. The predicted octanol–water partition coefficient (Wildman–Crippen LogP) is -0.717. The highest BCUT2D eigenvalue weighted by molar-refractivity contribution is 5.29. The van der Waals surface area contributed by atoms with Crippen LogP contribution in [-0.4, -0.2) is 33.4 Å². The number of aliphatic hydroxyl groups is 3. The van der Waals surface area contributed by atoms with Crippen molar-refractivity contribution < 1.29 is 20.4 Å². The highest BCUT2D eigenvalue weighted by Crippen LogP contribution is 2.24. The second kappa shape index (κ2) is 3.93. The fourth-order valence-electron chi connectivity index (χ4n) is 1.06. The van der Waals surface area contributed by atoms with Crippen LogP contribution in [0.1, 0.15) is 11.7 Å². The predicted molar refractivity (Wildman–Crippen MR) is 49.3 cm³/mol. The van der Waals surface area contributed by atoms with Crippen LogP contribution in [0.5, 0.6) is 5.75 Å². The summed E-state index contributed by atoms with van der Waals surface area (Å²) in [5.41, 5.74) is 0.212. The van der Waals surface area contributed by atoms with Crippen molar-refractivity contribution in [1.29, 1.82) is 0 Å². The molecule has 5 N–H and O–H groups in total. The van der Waals surface area contributed by atoms with Gasteiger partial charge in [0.05, 0.1) is 0 Å². The maximum atomic E-state index is 9.50. The summed E-state index contributed by atoms with van der Waals surface area (Å²) in [4.78, 5) is 0. The van der Waals surface area contributed by atoms with Crippen LogP contribution in [0.15, 0.2) is 24.3 Å². The summed E-state index contributed by atoms with van der Waals surface area (Å²) < 4.78 is 0. The minimum absolute atomic E-state index is 0.0477. The van der Waals surface area contributed by atoms with Gasteiger partial charge in [-0.05, 0) is 24.7 Å². The Hall–Kier alpha value is -1.14. The van der Waals surface area contributed by atoms with Crippen molar-refractivity contribution in [3.63, 3.8) is 0 Å². The van der Waals surface area contributed by atoms with Gasteiger partial charge in [-0.3, -0.25) is 5.32 Å². The van der Waals surface area contributed by atoms with Crippen molar-refractivity contribution in [3.05, 3.63) is 29.8 Å². The molecule has 0 amide bonds. The molecule has 0 bridgehead atoms. The van der Waals surface area contributed by atoms with Gasteiger partial charge in [-0.25, -0.2) is 0 Å². The topological polar surface area (TPSA) is 93.0 Å². The first kappa shape index (κ1) is 10.9. The van der Waals surface area contributed by atoms with E-state index in [-0.39, 0.29) is 11.3 Å². The molecule has 0 unspecified atom stereocenters. The standard InChI is InChI=1S/C9H13NO4/c1-10-9(13,14)8(12)6-3-2-4-7(11)5-6/h2-5,8,10-14H,1H3/t8-/m1/s1. The number of phenols is 1. The van der Waals surface area contributed by atoms with E-state index in [4.69, 9.17) is 5.11 Å². The molecule has 0 aliphatic heterocycles. The fourth-order valence-corrected chi connectivity index (χ4v) is 1.06. The third-order valence-corrected chi connectivity index (χ3v) is 1.94. The van der Waals surface area contributed by atoms with E-state index in [0.29, 0.717) is 0 Å². The molecular formula is C9H13NO4. The number of likely N-dealkylation sites (N-methyl/N-ethyl adjacent to an activating group) is 1. The zero-order chi connectivity index (χ0) is 10.8. The van der Waals surface area contributed by atoms with Gasteiger partial charge in [-0.1, -0.05) is 12.1 Å². The molecule has 0 spiro atoms. The number of aliphatic hydroxyl groups excluding tert-OH is 1. The third-order valence-electron chi connectivity index (χ3n) is 1.94. The van der Waals surface area contributed by atoms with Crippen LogP contribution in [0.4, 0.5) is 0 Å². The van der Waals surface area contributed by atoms with E-state index in [1.165, 1.54) is 31.3 Å². The number of aromatic hydroxyl groups is 1. The molecule has 5 heteroatoms. The lowest BCUT2D eigenvalue weighted by atomic mass is 10.1. The van der Waals surface area contributed by atoms with Crippen LogP contribution >= 0.6 is 0 Å². The molecule has 0 saturated carbocycles. The van der Waals surface area contributed by atoms with Gasteiger partial charge in [-0.15, -0.1) is 0 Å². The first-order chi connectivity index (χ1) is 6.47. The van der Waals surface area contributed by atoms with E-state index < -0.39 is 12.0 Å². The van der Waals surface area contributed by atoms with Crippen molar-refractivity contribution in [2.75, 3.05) is 7.05 Å². The van der Waals surface area contributed by atoms with Gasteiger partial charge in [0.1, 0.15) is 11.9 Å². The number of benzene rings is 1. The van der Waals surface area contributed by atoms with Crippen LogP contribution in [0.3, 0.4) is 0 Å². The Morgan fingerprint density at radius 1 is 1.36 bits per heavy atom. The zero-order valence-electron chi connectivity index (χ0n) is 7.68. The molecule has 0 saturated heterocycles. The van der Waals surface area contributed by atoms with Crippen LogP contribution in [-0.2, 0) is 0 Å². The summed E-state index contributed by atoms with van der Waals surface area (Å²) in [5, 5.41) is 39.2. The molecule has 78 valence electrons. The first-order valence-electron chi connectivity index (χ1n) is 4.08. The summed E-state index contributed by atoms with van der Waals surface area (Å²) in [6.07, 6.45) is -1.53. The van der Waals surface area contributed by atoms with E-state index in [0.717, 1.165) is 0 Å². The van der Waals surface area contributed by atoms with Crippen molar-refractivity contribution in [2.24, 2.45) is 0 Å². The van der Waals surface area contributed by atoms with Crippen molar-refractivity contribution in [3.8, 4) is 5.75 Å². The normalized spacial score (nSPS) is 14.0. The summed E-state index contributed by atoms with van der Waals surface area (Å²) in [6, 6.07) is 5.65. The first-order valence-corrected chi connectivity index (χ1v) is 4.08. The Morgan fingerprint density at radius 3 is 2.50 bits per heavy atom. The molecule has 5 nitrogen and oxygen atoms in total. The minimum atomic E-state index is -2.41. The fraction of sp³-hybridized carbons (Fsp3) is 0.333. The summed E-state index contributed by atoms with van der Waals surface area (Å²) in [5.74, 6) is -2.46. The molecule has 0 aliphatic carbocycles. The van der Waals surface area contributed by atoms with E-state index >= 15 is 0 Å². The third kappa shape index (κ3) is 2.21. The van der Waals surface area contributed by atoms with Gasteiger partial charge in [0.15, 0.2) is 0 Å². The number of hydrogen-bond acceptors (Lipinski definition) is 5. The van der Waals surface area contributed by atoms with E-state index in [1.807, 2.05) is 0 Å². The lowest BCUT2D eigenvalue weighted by Crippen LogP contribution is -2.48. The van der Waals surface area contributed by atoms with E-state index in [9.17, 15) is 15.3 Å².